The van der Waals surface area contributed by atoms with E-state index in [1.807, 2.05) is 45.0 Å². The molecule has 0 bridgehead atoms. The smallest absolute Gasteiger partial charge is 0.154 e. The van der Waals surface area contributed by atoms with E-state index in [1.165, 1.54) is 0 Å². The molecule has 0 unspecified atom stereocenters. The molecule has 4 heteroatoms. The normalized spacial score (nSPS) is 12.1. The zero-order chi connectivity index (χ0) is 15.2. The first-order valence-electron chi connectivity index (χ1n) is 6.92. The molecule has 1 aromatic rings. The number of sulfone groups is 1. The first-order valence-corrected chi connectivity index (χ1v) is 8.74. The van der Waals surface area contributed by atoms with E-state index in [4.69, 9.17) is 5.26 Å². The Morgan fingerprint density at radius 3 is 2.45 bits per heavy atom. The molecule has 0 saturated carbocycles. The number of hydrogen-bond donors (Lipinski definition) is 0. The van der Waals surface area contributed by atoms with Crippen molar-refractivity contribution in [1.82, 2.24) is 0 Å². The topological polar surface area (TPSA) is 57.9 Å². The van der Waals surface area contributed by atoms with E-state index in [0.29, 0.717) is 6.42 Å². The minimum absolute atomic E-state index is 0.112. The number of nitrogens with zero attached hydrogens (tertiary/aromatic N) is 1. The lowest BCUT2D eigenvalue weighted by atomic mass is 9.89. The summed E-state index contributed by atoms with van der Waals surface area (Å²) in [6.07, 6.45) is 2.14. The number of nitriles is 1. The van der Waals surface area contributed by atoms with Crippen LogP contribution in [-0.2, 0) is 15.6 Å². The number of aryl methyl sites for hydroxylation is 1. The third-order valence-electron chi connectivity index (χ3n) is 3.45. The van der Waals surface area contributed by atoms with Gasteiger partial charge in [0.15, 0.2) is 9.84 Å². The summed E-state index contributed by atoms with van der Waals surface area (Å²) in [6.45, 7) is 5.70. The van der Waals surface area contributed by atoms with Crippen molar-refractivity contribution in [3.8, 4) is 6.07 Å². The highest BCUT2D eigenvalue weighted by molar-refractivity contribution is 7.90. The average molecular weight is 293 g/mol. The summed E-state index contributed by atoms with van der Waals surface area (Å²) in [7, 11) is -3.06. The molecule has 0 aliphatic carbocycles. The lowest BCUT2D eigenvalue weighted by Crippen LogP contribution is -2.12. The molecule has 0 aromatic heterocycles. The van der Waals surface area contributed by atoms with Crippen LogP contribution in [0, 0.1) is 23.7 Å². The van der Waals surface area contributed by atoms with E-state index >= 15 is 0 Å². The predicted molar refractivity (Wildman–Crippen MR) is 81.9 cm³/mol. The van der Waals surface area contributed by atoms with Crippen molar-refractivity contribution in [3.05, 3.63) is 35.4 Å². The Balaban J connectivity index is 2.48. The summed E-state index contributed by atoms with van der Waals surface area (Å²) >= 11 is 0. The van der Waals surface area contributed by atoms with Gasteiger partial charge in [-0.1, -0.05) is 30.7 Å². The molecule has 0 amide bonds. The van der Waals surface area contributed by atoms with E-state index in [0.717, 1.165) is 24.0 Å². The fourth-order valence-corrected chi connectivity index (χ4v) is 3.61. The van der Waals surface area contributed by atoms with Gasteiger partial charge >= 0.3 is 0 Å². The SMILES string of the molecule is Cc1ccccc1CS(=O)(=O)CCCCC(C)(C)C#N. The molecule has 0 aliphatic heterocycles. The largest absolute Gasteiger partial charge is 0.228 e. The van der Waals surface area contributed by atoms with Crippen molar-refractivity contribution in [2.45, 2.75) is 45.8 Å². The standard InChI is InChI=1S/C16H23NO2S/c1-14-8-4-5-9-15(14)12-20(18,19)11-7-6-10-16(2,3)13-17/h4-5,8-9H,6-7,10-12H2,1-3H3. The van der Waals surface area contributed by atoms with E-state index in [2.05, 4.69) is 6.07 Å². The van der Waals surface area contributed by atoms with Gasteiger partial charge in [-0.2, -0.15) is 5.26 Å². The molecular weight excluding hydrogens is 270 g/mol. The quantitative estimate of drug-likeness (QED) is 0.721. The zero-order valence-corrected chi connectivity index (χ0v) is 13.3. The maximum atomic E-state index is 12.1. The van der Waals surface area contributed by atoms with Crippen LogP contribution >= 0.6 is 0 Å². The van der Waals surface area contributed by atoms with Crippen LogP contribution in [0.4, 0.5) is 0 Å². The molecule has 1 aromatic carbocycles. The molecule has 0 saturated heterocycles. The highest BCUT2D eigenvalue weighted by Crippen LogP contribution is 2.22. The Morgan fingerprint density at radius 2 is 1.85 bits per heavy atom. The zero-order valence-electron chi connectivity index (χ0n) is 12.5. The molecule has 0 aliphatic rings. The fourth-order valence-electron chi connectivity index (χ4n) is 2.03. The second-order valence-electron chi connectivity index (χ2n) is 5.97. The van der Waals surface area contributed by atoms with Gasteiger partial charge in [0, 0.05) is 0 Å². The molecule has 0 atom stereocenters. The molecule has 110 valence electrons. The average Bonchev–Trinajstić information content (AvgIpc) is 2.37. The summed E-state index contributed by atoms with van der Waals surface area (Å²) in [4.78, 5) is 0. The first kappa shape index (κ1) is 16.7. The Bertz CT molecular complexity index is 583. The summed E-state index contributed by atoms with van der Waals surface area (Å²) in [5.41, 5.74) is 1.53. The molecule has 3 nitrogen and oxygen atoms in total. The summed E-state index contributed by atoms with van der Waals surface area (Å²) in [6, 6.07) is 9.81. The Labute approximate surface area is 122 Å². The Morgan fingerprint density at radius 1 is 1.20 bits per heavy atom. The van der Waals surface area contributed by atoms with E-state index in [-0.39, 0.29) is 16.9 Å². The Hall–Kier alpha value is -1.34. The molecular formula is C16H23NO2S. The van der Waals surface area contributed by atoms with Crippen LogP contribution in [0.1, 0.15) is 44.2 Å². The molecule has 0 radical (unpaired) electrons. The van der Waals surface area contributed by atoms with E-state index < -0.39 is 9.84 Å². The molecule has 1 rings (SSSR count). The lowest BCUT2D eigenvalue weighted by Gasteiger charge is -2.14. The summed E-state index contributed by atoms with van der Waals surface area (Å²) in [5.74, 6) is 0.310. The number of unbranched alkanes of at least 4 members (excludes halogenated alkanes) is 1. The highest BCUT2D eigenvalue weighted by atomic mass is 32.2. The van der Waals surface area contributed by atoms with Crippen LogP contribution in [0.25, 0.3) is 0 Å². The molecule has 0 N–H and O–H groups in total. The summed E-state index contributed by atoms with van der Waals surface area (Å²) < 4.78 is 24.2. The maximum absolute atomic E-state index is 12.1. The van der Waals surface area contributed by atoms with Crippen LogP contribution in [0.2, 0.25) is 0 Å². The van der Waals surface area contributed by atoms with Gasteiger partial charge in [-0.25, -0.2) is 8.42 Å². The highest BCUT2D eigenvalue weighted by Gasteiger charge is 2.17. The molecule has 0 spiro atoms. The Kier molecular flexibility index (Phi) is 5.76. The minimum atomic E-state index is -3.06. The van der Waals surface area contributed by atoms with Gasteiger partial charge in [-0.05, 0) is 44.7 Å². The van der Waals surface area contributed by atoms with Gasteiger partial charge in [0.25, 0.3) is 0 Å². The number of benzene rings is 1. The van der Waals surface area contributed by atoms with Crippen molar-refractivity contribution in [2.24, 2.45) is 5.41 Å². The van der Waals surface area contributed by atoms with Crippen LogP contribution < -0.4 is 0 Å². The maximum Gasteiger partial charge on any atom is 0.154 e. The molecule has 20 heavy (non-hydrogen) atoms. The van der Waals surface area contributed by atoms with Gasteiger partial charge in [0.2, 0.25) is 0 Å². The van der Waals surface area contributed by atoms with Crippen molar-refractivity contribution in [3.63, 3.8) is 0 Å². The second kappa shape index (κ2) is 6.90. The summed E-state index contributed by atoms with van der Waals surface area (Å²) in [5, 5.41) is 8.91. The fraction of sp³-hybridized carbons (Fsp3) is 0.562. The van der Waals surface area contributed by atoms with E-state index in [1.54, 1.807) is 0 Å². The first-order chi connectivity index (χ1) is 9.26. The van der Waals surface area contributed by atoms with Gasteiger partial charge in [-0.15, -0.1) is 0 Å². The van der Waals surface area contributed by atoms with Crippen molar-refractivity contribution in [2.75, 3.05) is 5.75 Å². The van der Waals surface area contributed by atoms with Crippen molar-refractivity contribution < 1.29 is 8.42 Å². The monoisotopic (exact) mass is 293 g/mol. The van der Waals surface area contributed by atoms with Crippen LogP contribution in [0.5, 0.6) is 0 Å². The predicted octanol–water partition coefficient (Wildman–Crippen LogP) is 3.63. The number of rotatable bonds is 7. The van der Waals surface area contributed by atoms with Crippen LogP contribution in [-0.4, -0.2) is 14.2 Å². The third-order valence-corrected chi connectivity index (χ3v) is 5.11. The molecule has 0 heterocycles. The second-order valence-corrected chi connectivity index (χ2v) is 8.16. The van der Waals surface area contributed by atoms with Crippen molar-refractivity contribution in [1.29, 1.82) is 5.26 Å². The van der Waals surface area contributed by atoms with Crippen LogP contribution in [0.15, 0.2) is 24.3 Å². The van der Waals surface area contributed by atoms with Crippen LogP contribution in [0.3, 0.4) is 0 Å². The van der Waals surface area contributed by atoms with Gasteiger partial charge < -0.3 is 0 Å². The minimum Gasteiger partial charge on any atom is -0.228 e. The van der Waals surface area contributed by atoms with Gasteiger partial charge in [0.05, 0.1) is 23.0 Å². The van der Waals surface area contributed by atoms with Gasteiger partial charge in [0.1, 0.15) is 0 Å². The third kappa shape index (κ3) is 5.75. The number of hydrogen-bond acceptors (Lipinski definition) is 3. The van der Waals surface area contributed by atoms with E-state index in [9.17, 15) is 8.42 Å². The van der Waals surface area contributed by atoms with Crippen molar-refractivity contribution >= 4 is 9.84 Å². The van der Waals surface area contributed by atoms with Gasteiger partial charge in [-0.3, -0.25) is 0 Å². The lowest BCUT2D eigenvalue weighted by molar-refractivity contribution is 0.431. The molecule has 0 fully saturated rings.